The van der Waals surface area contributed by atoms with Crippen molar-refractivity contribution in [3.8, 4) is 28.4 Å². The zero-order valence-electron chi connectivity index (χ0n) is 40.7. The van der Waals surface area contributed by atoms with E-state index >= 15 is 4.79 Å². The Morgan fingerprint density at radius 3 is 2.37 bits per heavy atom. The highest BCUT2D eigenvalue weighted by Crippen LogP contribution is 2.62. The number of ether oxygens (including phenoxy) is 5. The molecule has 71 heavy (non-hydrogen) atoms. The molecule has 1 saturated heterocycles. The van der Waals surface area contributed by atoms with Crippen LogP contribution in [0.4, 0.5) is 4.79 Å². The van der Waals surface area contributed by atoms with Gasteiger partial charge in [0.15, 0.2) is 0 Å². The summed E-state index contributed by atoms with van der Waals surface area (Å²) in [6.07, 6.45) is 12.7. The lowest BCUT2D eigenvalue weighted by Crippen LogP contribution is -2.70. The molecule has 372 valence electrons. The standard InChI is InChI=1S/C60H68N2O9/c1-3-5-36-67-59(65)62(41-46-23-17-22-44-20-9-10-24-49(44)46)55-40-53(61-71-56-26-13-16-37-66-56)51-38-45(21-11-14-33-63)50(25-12-15-34-64)57-52-39-48(31-32-54(52)70-60(55,58(51)57)68-35-4-2)69-47-29-27-43(28-30-47)42-18-7-6-8-19-42/h3-4,6-10,17-20,22-24,27-32,38-39,45,50,55-58,63-64H,1-2,5,11-16,21,25-26,33-37,40-41H2. The summed E-state index contributed by atoms with van der Waals surface area (Å²) in [6, 6.07) is 38.0. The van der Waals surface area contributed by atoms with E-state index in [1.807, 2.05) is 60.7 Å². The van der Waals surface area contributed by atoms with Crippen molar-refractivity contribution in [1.29, 1.82) is 0 Å². The van der Waals surface area contributed by atoms with Gasteiger partial charge in [0, 0.05) is 37.5 Å². The van der Waals surface area contributed by atoms with Crippen LogP contribution >= 0.6 is 0 Å². The van der Waals surface area contributed by atoms with Gasteiger partial charge in [0.2, 0.25) is 12.1 Å². The van der Waals surface area contributed by atoms with Crippen LogP contribution in [0.5, 0.6) is 17.2 Å². The van der Waals surface area contributed by atoms with E-state index in [1.165, 1.54) is 0 Å². The lowest BCUT2D eigenvalue weighted by atomic mass is 9.55. The lowest BCUT2D eigenvalue weighted by Gasteiger charge is -2.60. The molecule has 7 atom stereocenters. The van der Waals surface area contributed by atoms with Crippen LogP contribution < -0.4 is 9.47 Å². The second kappa shape index (κ2) is 23.8. The summed E-state index contributed by atoms with van der Waals surface area (Å²) < 4.78 is 33.7. The number of amides is 1. The van der Waals surface area contributed by atoms with Gasteiger partial charge in [-0.25, -0.2) is 4.79 Å². The van der Waals surface area contributed by atoms with Crippen LogP contribution in [0.25, 0.3) is 21.9 Å². The summed E-state index contributed by atoms with van der Waals surface area (Å²) in [5.74, 6) is -0.190. The molecule has 2 N–H and O–H groups in total. The van der Waals surface area contributed by atoms with Crippen molar-refractivity contribution >= 4 is 22.6 Å². The van der Waals surface area contributed by atoms with Crippen LogP contribution in [-0.2, 0) is 25.6 Å². The van der Waals surface area contributed by atoms with E-state index in [2.05, 4.69) is 73.8 Å². The second-order valence-electron chi connectivity index (χ2n) is 19.1. The molecule has 1 saturated carbocycles. The van der Waals surface area contributed by atoms with Gasteiger partial charge in [0.25, 0.3) is 0 Å². The van der Waals surface area contributed by atoms with Gasteiger partial charge in [-0.3, -0.25) is 4.90 Å². The molecule has 2 aliphatic heterocycles. The monoisotopic (exact) mass is 960 g/mol. The summed E-state index contributed by atoms with van der Waals surface area (Å²) in [6.45, 7) is 9.24. The zero-order valence-corrected chi connectivity index (χ0v) is 40.7. The van der Waals surface area contributed by atoms with E-state index in [4.69, 9.17) is 33.7 Å². The van der Waals surface area contributed by atoms with Crippen molar-refractivity contribution in [2.45, 2.75) is 101 Å². The molecule has 0 bridgehead atoms. The van der Waals surface area contributed by atoms with E-state index in [1.54, 1.807) is 17.1 Å². The maximum Gasteiger partial charge on any atom is 0.410 e. The number of aliphatic hydroxyl groups excluding tert-OH is 2. The van der Waals surface area contributed by atoms with Crippen LogP contribution in [0, 0.1) is 17.8 Å². The maximum absolute atomic E-state index is 15.1. The smallest absolute Gasteiger partial charge is 0.410 e. The minimum atomic E-state index is -1.49. The number of benzene rings is 5. The molecule has 0 radical (unpaired) electrons. The predicted octanol–water partition coefficient (Wildman–Crippen LogP) is 12.7. The Labute approximate surface area is 418 Å². The Morgan fingerprint density at radius 2 is 1.59 bits per heavy atom. The summed E-state index contributed by atoms with van der Waals surface area (Å²) in [5, 5.41) is 27.3. The van der Waals surface area contributed by atoms with E-state index in [9.17, 15) is 10.2 Å². The quantitative estimate of drug-likeness (QED) is 0.0396. The second-order valence-corrected chi connectivity index (χ2v) is 19.1. The number of carbonyl (C=O) groups is 1. The average Bonchev–Trinajstić information content (AvgIpc) is 3.41. The molecule has 1 amide bonds. The number of hydrogen-bond donors (Lipinski definition) is 2. The first-order valence-corrected chi connectivity index (χ1v) is 25.6. The number of fused-ring (bicyclic) bond motifs is 3. The summed E-state index contributed by atoms with van der Waals surface area (Å²) in [5.41, 5.74) is 5.75. The fourth-order valence-electron chi connectivity index (χ4n) is 11.3. The Hall–Kier alpha value is -6.24. The van der Waals surface area contributed by atoms with Gasteiger partial charge in [0.05, 0.1) is 38.0 Å². The van der Waals surface area contributed by atoms with Crippen LogP contribution in [0.15, 0.2) is 157 Å². The molecule has 5 aromatic rings. The van der Waals surface area contributed by atoms with Crippen molar-refractivity contribution in [3.05, 3.63) is 163 Å². The molecule has 2 aliphatic carbocycles. The highest BCUT2D eigenvalue weighted by atomic mass is 16.8. The molecule has 0 aromatic heterocycles. The third-order valence-electron chi connectivity index (χ3n) is 14.6. The van der Waals surface area contributed by atoms with Gasteiger partial charge in [-0.1, -0.05) is 121 Å². The number of nitrogens with zero attached hydrogens (tertiary/aromatic N) is 2. The molecular weight excluding hydrogens is 893 g/mol. The normalized spacial score (nSPS) is 23.9. The van der Waals surface area contributed by atoms with Crippen LogP contribution in [0.2, 0.25) is 0 Å². The van der Waals surface area contributed by atoms with E-state index in [0.29, 0.717) is 55.3 Å². The van der Waals surface area contributed by atoms with Crippen LogP contribution in [-0.4, -0.2) is 78.1 Å². The first kappa shape index (κ1) is 49.7. The van der Waals surface area contributed by atoms with Crippen molar-refractivity contribution in [2.24, 2.45) is 22.9 Å². The Bertz CT molecular complexity index is 2640. The van der Waals surface area contributed by atoms with Crippen LogP contribution in [0.1, 0.15) is 87.7 Å². The average molecular weight is 961 g/mol. The van der Waals surface area contributed by atoms with Crippen molar-refractivity contribution in [1.82, 2.24) is 4.90 Å². The molecule has 7 unspecified atom stereocenters. The number of carbonyl (C=O) groups excluding carboxylic acids is 1. The van der Waals surface area contributed by atoms with Gasteiger partial charge >= 0.3 is 6.09 Å². The highest BCUT2D eigenvalue weighted by Gasteiger charge is 2.66. The number of rotatable bonds is 22. The minimum Gasteiger partial charge on any atom is -0.459 e. The molecule has 2 fully saturated rings. The largest absolute Gasteiger partial charge is 0.459 e. The number of hydrogen-bond acceptors (Lipinski definition) is 10. The number of allylic oxidation sites excluding steroid dienone is 1. The van der Waals surface area contributed by atoms with E-state index in [-0.39, 0.29) is 57.1 Å². The Morgan fingerprint density at radius 1 is 0.831 bits per heavy atom. The number of aliphatic hydroxyl groups is 2. The molecule has 0 spiro atoms. The first-order chi connectivity index (χ1) is 34.9. The topological polar surface area (TPSA) is 129 Å². The molecule has 11 heteroatoms. The van der Waals surface area contributed by atoms with Gasteiger partial charge in [-0.05, 0) is 120 Å². The Kier molecular flexibility index (Phi) is 16.7. The molecule has 2 heterocycles. The molecule has 5 aromatic carbocycles. The van der Waals surface area contributed by atoms with Crippen molar-refractivity contribution in [2.75, 3.05) is 33.0 Å². The number of oxime groups is 1. The third-order valence-corrected chi connectivity index (χ3v) is 14.6. The summed E-state index contributed by atoms with van der Waals surface area (Å²) in [7, 11) is 0. The summed E-state index contributed by atoms with van der Waals surface area (Å²) in [4.78, 5) is 23.2. The maximum atomic E-state index is 15.1. The highest BCUT2D eigenvalue weighted by molar-refractivity contribution is 6.03. The molecular formula is C60H68N2O9. The molecule has 11 nitrogen and oxygen atoms in total. The molecule has 4 aliphatic rings. The van der Waals surface area contributed by atoms with Gasteiger partial charge in [-0.2, -0.15) is 0 Å². The SMILES string of the molecule is C=CCCOC(=O)N(Cc1cccc2ccccc12)C1CC(=NOC2CCCCO2)C2=CC(CCCCO)C(CCCCO)C3c4cc(Oc5ccc(-c6ccccc6)cc5)ccc4OC1(OCC=C)C23. The van der Waals surface area contributed by atoms with E-state index < -0.39 is 30.1 Å². The number of unbranched alkanes of at least 4 members (excludes halogenated alkanes) is 2. The van der Waals surface area contributed by atoms with Gasteiger partial charge in [-0.15, -0.1) is 13.2 Å². The fraction of sp³-hybridized carbons (Fsp3) is 0.400. The van der Waals surface area contributed by atoms with E-state index in [0.717, 1.165) is 77.1 Å². The predicted molar refractivity (Wildman–Crippen MR) is 277 cm³/mol. The van der Waals surface area contributed by atoms with Crippen LogP contribution in [0.3, 0.4) is 0 Å². The van der Waals surface area contributed by atoms with Crippen molar-refractivity contribution < 1.29 is 43.5 Å². The van der Waals surface area contributed by atoms with Crippen molar-refractivity contribution in [3.63, 3.8) is 0 Å². The fourth-order valence-corrected chi connectivity index (χ4v) is 11.3. The lowest BCUT2D eigenvalue weighted by molar-refractivity contribution is -0.256. The van der Waals surface area contributed by atoms with Gasteiger partial charge in [0.1, 0.15) is 23.3 Å². The minimum absolute atomic E-state index is 0.0254. The molecule has 9 rings (SSSR count). The van der Waals surface area contributed by atoms with Gasteiger partial charge < -0.3 is 38.7 Å². The zero-order chi connectivity index (χ0) is 49.0. The third kappa shape index (κ3) is 11.1. The Balaban J connectivity index is 1.23. The summed E-state index contributed by atoms with van der Waals surface area (Å²) >= 11 is 0. The first-order valence-electron chi connectivity index (χ1n) is 25.6.